The van der Waals surface area contributed by atoms with E-state index in [1.165, 1.54) is 25.9 Å². The van der Waals surface area contributed by atoms with Crippen LogP contribution in [-0.4, -0.2) is 13.1 Å². The molecule has 0 saturated carbocycles. The molecule has 0 aromatic rings. The van der Waals surface area contributed by atoms with Crippen molar-refractivity contribution in [3.05, 3.63) is 0 Å². The van der Waals surface area contributed by atoms with Gasteiger partial charge in [-0.2, -0.15) is 0 Å². The SMILES string of the molecule is CC(C)(C)C[C@H]1CCNC1. The fraction of sp³-hybridized carbons (Fsp3) is 1.00. The lowest BCUT2D eigenvalue weighted by Gasteiger charge is -2.21. The molecule has 0 aromatic carbocycles. The van der Waals surface area contributed by atoms with E-state index in [4.69, 9.17) is 0 Å². The molecule has 1 heteroatoms. The first kappa shape index (κ1) is 8.06. The van der Waals surface area contributed by atoms with Crippen LogP contribution in [-0.2, 0) is 0 Å². The Labute approximate surface area is 64.2 Å². The van der Waals surface area contributed by atoms with Gasteiger partial charge in [0, 0.05) is 0 Å². The molecule has 0 radical (unpaired) electrons. The van der Waals surface area contributed by atoms with Crippen molar-refractivity contribution in [3.63, 3.8) is 0 Å². The molecule has 1 saturated heterocycles. The summed E-state index contributed by atoms with van der Waals surface area (Å²) in [6.07, 6.45) is 2.76. The van der Waals surface area contributed by atoms with Gasteiger partial charge in [-0.3, -0.25) is 0 Å². The van der Waals surface area contributed by atoms with Crippen LogP contribution in [0.3, 0.4) is 0 Å². The van der Waals surface area contributed by atoms with Crippen LogP contribution in [0.1, 0.15) is 33.6 Å². The van der Waals surface area contributed by atoms with Gasteiger partial charge in [-0.1, -0.05) is 20.8 Å². The maximum Gasteiger partial charge on any atom is -0.00198 e. The first-order chi connectivity index (χ1) is 4.58. The highest BCUT2D eigenvalue weighted by molar-refractivity contribution is 4.76. The van der Waals surface area contributed by atoms with E-state index >= 15 is 0 Å². The molecule has 0 amide bonds. The Morgan fingerprint density at radius 2 is 2.10 bits per heavy atom. The van der Waals surface area contributed by atoms with Crippen LogP contribution < -0.4 is 5.32 Å². The molecule has 0 spiro atoms. The normalized spacial score (nSPS) is 27.3. The molecule has 1 N–H and O–H groups in total. The number of hydrogen-bond acceptors (Lipinski definition) is 1. The predicted molar refractivity (Wildman–Crippen MR) is 45.0 cm³/mol. The fourth-order valence-corrected chi connectivity index (χ4v) is 1.75. The first-order valence-electron chi connectivity index (χ1n) is 4.29. The molecule has 1 atom stereocenters. The van der Waals surface area contributed by atoms with Gasteiger partial charge < -0.3 is 5.32 Å². The Hall–Kier alpha value is -0.0400. The van der Waals surface area contributed by atoms with Gasteiger partial charge in [0.2, 0.25) is 0 Å². The molecule has 60 valence electrons. The summed E-state index contributed by atoms with van der Waals surface area (Å²) in [6, 6.07) is 0. The topological polar surface area (TPSA) is 12.0 Å². The minimum absolute atomic E-state index is 0.524. The molecule has 1 rings (SSSR count). The summed E-state index contributed by atoms with van der Waals surface area (Å²) in [4.78, 5) is 0. The van der Waals surface area contributed by atoms with Crippen LogP contribution in [0.5, 0.6) is 0 Å². The lowest BCUT2D eigenvalue weighted by atomic mass is 9.84. The predicted octanol–water partition coefficient (Wildman–Crippen LogP) is 2.03. The fourth-order valence-electron chi connectivity index (χ4n) is 1.75. The summed E-state index contributed by atoms with van der Waals surface area (Å²) < 4.78 is 0. The summed E-state index contributed by atoms with van der Waals surface area (Å²) in [5.41, 5.74) is 0.524. The molecule has 1 fully saturated rings. The zero-order valence-electron chi connectivity index (χ0n) is 7.41. The lowest BCUT2D eigenvalue weighted by Crippen LogP contribution is -2.15. The second-order valence-corrected chi connectivity index (χ2v) is 4.62. The van der Waals surface area contributed by atoms with Crippen LogP contribution in [0.4, 0.5) is 0 Å². The van der Waals surface area contributed by atoms with Crippen molar-refractivity contribution in [2.24, 2.45) is 11.3 Å². The van der Waals surface area contributed by atoms with E-state index in [1.54, 1.807) is 0 Å². The summed E-state index contributed by atoms with van der Waals surface area (Å²) in [7, 11) is 0. The van der Waals surface area contributed by atoms with Crippen molar-refractivity contribution >= 4 is 0 Å². The van der Waals surface area contributed by atoms with Crippen molar-refractivity contribution in [1.82, 2.24) is 5.32 Å². The smallest absolute Gasteiger partial charge is 0.00198 e. The van der Waals surface area contributed by atoms with E-state index in [0.29, 0.717) is 5.41 Å². The Morgan fingerprint density at radius 3 is 2.50 bits per heavy atom. The highest BCUT2D eigenvalue weighted by atomic mass is 14.9. The van der Waals surface area contributed by atoms with E-state index in [2.05, 4.69) is 26.1 Å². The van der Waals surface area contributed by atoms with Crippen molar-refractivity contribution in [2.45, 2.75) is 33.6 Å². The third-order valence-electron chi connectivity index (χ3n) is 2.06. The van der Waals surface area contributed by atoms with Gasteiger partial charge in [0.15, 0.2) is 0 Å². The van der Waals surface area contributed by atoms with E-state index in [9.17, 15) is 0 Å². The van der Waals surface area contributed by atoms with Crippen molar-refractivity contribution in [2.75, 3.05) is 13.1 Å². The molecule has 1 aliphatic heterocycles. The summed E-state index contributed by atoms with van der Waals surface area (Å²) >= 11 is 0. The van der Waals surface area contributed by atoms with E-state index in [1.807, 2.05) is 0 Å². The Bertz CT molecular complexity index is 95.8. The lowest BCUT2D eigenvalue weighted by molar-refractivity contribution is 0.306. The van der Waals surface area contributed by atoms with Crippen molar-refractivity contribution in [1.29, 1.82) is 0 Å². The summed E-state index contributed by atoms with van der Waals surface area (Å²) in [5, 5.41) is 3.39. The van der Waals surface area contributed by atoms with Gasteiger partial charge in [0.1, 0.15) is 0 Å². The average molecular weight is 141 g/mol. The van der Waals surface area contributed by atoms with Crippen LogP contribution in [0.2, 0.25) is 0 Å². The standard InChI is InChI=1S/C9H19N/c1-9(2,3)6-8-4-5-10-7-8/h8,10H,4-7H2,1-3H3/t8-/m1/s1. The minimum Gasteiger partial charge on any atom is -0.316 e. The van der Waals surface area contributed by atoms with Crippen LogP contribution in [0, 0.1) is 11.3 Å². The number of nitrogens with one attached hydrogen (secondary N) is 1. The second-order valence-electron chi connectivity index (χ2n) is 4.62. The van der Waals surface area contributed by atoms with Crippen LogP contribution in [0.15, 0.2) is 0 Å². The Morgan fingerprint density at radius 1 is 1.40 bits per heavy atom. The van der Waals surface area contributed by atoms with Gasteiger partial charge in [0.05, 0.1) is 0 Å². The Balaban J connectivity index is 2.24. The molecular weight excluding hydrogens is 122 g/mol. The molecule has 0 unspecified atom stereocenters. The number of hydrogen-bond donors (Lipinski definition) is 1. The second kappa shape index (κ2) is 2.91. The monoisotopic (exact) mass is 141 g/mol. The molecule has 0 aromatic heterocycles. The van der Waals surface area contributed by atoms with E-state index in [-0.39, 0.29) is 0 Å². The highest BCUT2D eigenvalue weighted by Crippen LogP contribution is 2.27. The van der Waals surface area contributed by atoms with Gasteiger partial charge in [-0.05, 0) is 37.3 Å². The molecule has 1 aliphatic rings. The average Bonchev–Trinajstić information content (AvgIpc) is 2.12. The van der Waals surface area contributed by atoms with Crippen LogP contribution >= 0.6 is 0 Å². The van der Waals surface area contributed by atoms with Gasteiger partial charge >= 0.3 is 0 Å². The van der Waals surface area contributed by atoms with Gasteiger partial charge in [-0.25, -0.2) is 0 Å². The van der Waals surface area contributed by atoms with E-state index < -0.39 is 0 Å². The molecular formula is C9H19N. The van der Waals surface area contributed by atoms with Gasteiger partial charge in [-0.15, -0.1) is 0 Å². The van der Waals surface area contributed by atoms with Gasteiger partial charge in [0.25, 0.3) is 0 Å². The molecule has 1 heterocycles. The largest absolute Gasteiger partial charge is 0.316 e. The van der Waals surface area contributed by atoms with Crippen molar-refractivity contribution in [3.8, 4) is 0 Å². The van der Waals surface area contributed by atoms with Crippen LogP contribution in [0.25, 0.3) is 0 Å². The molecule has 0 bridgehead atoms. The summed E-state index contributed by atoms with van der Waals surface area (Å²) in [5.74, 6) is 0.944. The third-order valence-corrected chi connectivity index (χ3v) is 2.06. The minimum atomic E-state index is 0.524. The van der Waals surface area contributed by atoms with Crippen molar-refractivity contribution < 1.29 is 0 Å². The maximum absolute atomic E-state index is 3.39. The molecule has 0 aliphatic carbocycles. The maximum atomic E-state index is 3.39. The summed E-state index contributed by atoms with van der Waals surface area (Å²) in [6.45, 7) is 9.46. The molecule has 10 heavy (non-hydrogen) atoms. The molecule has 1 nitrogen and oxygen atoms in total. The zero-order chi connectivity index (χ0) is 7.61. The highest BCUT2D eigenvalue weighted by Gasteiger charge is 2.21. The number of rotatable bonds is 1. The van der Waals surface area contributed by atoms with E-state index in [0.717, 1.165) is 5.92 Å². The Kier molecular flexibility index (Phi) is 2.35. The first-order valence-corrected chi connectivity index (χ1v) is 4.29. The quantitative estimate of drug-likeness (QED) is 0.589. The third kappa shape index (κ3) is 2.70. The zero-order valence-corrected chi connectivity index (χ0v) is 7.41.